The van der Waals surface area contributed by atoms with Gasteiger partial charge in [-0.3, -0.25) is 4.79 Å². The van der Waals surface area contributed by atoms with E-state index in [4.69, 9.17) is 10.5 Å². The van der Waals surface area contributed by atoms with Crippen LogP contribution in [0.1, 0.15) is 19.4 Å². The topological polar surface area (TPSA) is 64.3 Å². The Balaban J connectivity index is 2.44. The van der Waals surface area contributed by atoms with Crippen molar-refractivity contribution in [2.45, 2.75) is 26.3 Å². The summed E-state index contributed by atoms with van der Waals surface area (Å²) in [4.78, 5) is 11.7. The summed E-state index contributed by atoms with van der Waals surface area (Å²) in [6.07, 6.45) is 0.910. The number of methoxy groups -OCH3 is 1. The van der Waals surface area contributed by atoms with Crippen LogP contribution in [-0.4, -0.2) is 32.2 Å². The SMILES string of the molecule is COCC(N)C(=O)NCC(C)(C)Cc1ccccc1. The van der Waals surface area contributed by atoms with Gasteiger partial charge in [-0.25, -0.2) is 0 Å². The van der Waals surface area contributed by atoms with Crippen LogP contribution in [-0.2, 0) is 16.0 Å². The zero-order valence-corrected chi connectivity index (χ0v) is 12.0. The minimum Gasteiger partial charge on any atom is -0.383 e. The summed E-state index contributed by atoms with van der Waals surface area (Å²) in [5.74, 6) is -0.164. The summed E-state index contributed by atoms with van der Waals surface area (Å²) in [6, 6.07) is 9.65. The van der Waals surface area contributed by atoms with Crippen molar-refractivity contribution >= 4 is 5.91 Å². The molecule has 0 fully saturated rings. The molecule has 0 saturated carbocycles. The number of benzene rings is 1. The number of rotatable bonds is 7. The number of nitrogens with two attached hydrogens (primary N) is 1. The van der Waals surface area contributed by atoms with Crippen molar-refractivity contribution in [2.24, 2.45) is 11.1 Å². The number of amides is 1. The van der Waals surface area contributed by atoms with Crippen molar-refractivity contribution in [1.29, 1.82) is 0 Å². The van der Waals surface area contributed by atoms with Gasteiger partial charge in [-0.2, -0.15) is 0 Å². The fourth-order valence-corrected chi connectivity index (χ4v) is 1.92. The highest BCUT2D eigenvalue weighted by Crippen LogP contribution is 2.20. The van der Waals surface area contributed by atoms with Gasteiger partial charge in [-0.15, -0.1) is 0 Å². The van der Waals surface area contributed by atoms with Crippen LogP contribution < -0.4 is 11.1 Å². The highest BCUT2D eigenvalue weighted by atomic mass is 16.5. The minimum absolute atomic E-state index is 0.0101. The van der Waals surface area contributed by atoms with Gasteiger partial charge in [-0.05, 0) is 17.4 Å². The molecular formula is C15H24N2O2. The molecule has 0 radical (unpaired) electrons. The summed E-state index contributed by atoms with van der Waals surface area (Å²) >= 11 is 0. The molecule has 1 rings (SSSR count). The van der Waals surface area contributed by atoms with Gasteiger partial charge in [0.2, 0.25) is 5.91 Å². The Morgan fingerprint density at radius 1 is 1.37 bits per heavy atom. The first-order valence-corrected chi connectivity index (χ1v) is 6.51. The van der Waals surface area contributed by atoms with Gasteiger partial charge in [-0.1, -0.05) is 44.2 Å². The van der Waals surface area contributed by atoms with Gasteiger partial charge in [0.15, 0.2) is 0 Å². The van der Waals surface area contributed by atoms with E-state index in [1.54, 1.807) is 0 Å². The van der Waals surface area contributed by atoms with Crippen LogP contribution in [0.15, 0.2) is 30.3 Å². The number of carbonyl (C=O) groups excluding carboxylic acids is 1. The average Bonchev–Trinajstić information content (AvgIpc) is 2.37. The molecule has 0 aliphatic rings. The van der Waals surface area contributed by atoms with Gasteiger partial charge in [0.25, 0.3) is 0 Å². The predicted molar refractivity (Wildman–Crippen MR) is 76.8 cm³/mol. The third kappa shape index (κ3) is 5.85. The highest BCUT2D eigenvalue weighted by molar-refractivity contribution is 5.81. The molecular weight excluding hydrogens is 240 g/mol. The summed E-state index contributed by atoms with van der Waals surface area (Å²) in [7, 11) is 1.53. The van der Waals surface area contributed by atoms with Gasteiger partial charge < -0.3 is 15.8 Å². The molecule has 1 atom stereocenters. The normalized spacial score (nSPS) is 13.1. The first-order chi connectivity index (χ1) is 8.94. The van der Waals surface area contributed by atoms with Crippen molar-refractivity contribution in [3.8, 4) is 0 Å². The van der Waals surface area contributed by atoms with Gasteiger partial charge >= 0.3 is 0 Å². The number of nitrogens with one attached hydrogen (secondary N) is 1. The van der Waals surface area contributed by atoms with E-state index >= 15 is 0 Å². The largest absolute Gasteiger partial charge is 0.383 e. The fraction of sp³-hybridized carbons (Fsp3) is 0.533. The molecule has 4 heteroatoms. The van der Waals surface area contributed by atoms with E-state index in [1.807, 2.05) is 18.2 Å². The molecule has 1 aromatic carbocycles. The van der Waals surface area contributed by atoms with Crippen LogP contribution in [0, 0.1) is 5.41 Å². The smallest absolute Gasteiger partial charge is 0.239 e. The summed E-state index contributed by atoms with van der Waals surface area (Å²) in [6.45, 7) is 5.09. The molecule has 0 aliphatic carbocycles. The Hall–Kier alpha value is -1.39. The quantitative estimate of drug-likeness (QED) is 0.781. The molecule has 0 aromatic heterocycles. The second-order valence-electron chi connectivity index (χ2n) is 5.61. The fourth-order valence-electron chi connectivity index (χ4n) is 1.92. The van der Waals surface area contributed by atoms with E-state index in [-0.39, 0.29) is 17.9 Å². The van der Waals surface area contributed by atoms with E-state index in [0.717, 1.165) is 6.42 Å². The zero-order valence-electron chi connectivity index (χ0n) is 12.0. The second kappa shape index (κ2) is 7.26. The summed E-state index contributed by atoms with van der Waals surface area (Å²) < 4.78 is 4.87. The molecule has 19 heavy (non-hydrogen) atoms. The van der Waals surface area contributed by atoms with E-state index in [2.05, 4.69) is 31.3 Å². The van der Waals surface area contributed by atoms with Crippen LogP contribution >= 0.6 is 0 Å². The summed E-state index contributed by atoms with van der Waals surface area (Å²) in [5, 5.41) is 2.88. The van der Waals surface area contributed by atoms with Crippen LogP contribution in [0.5, 0.6) is 0 Å². The highest BCUT2D eigenvalue weighted by Gasteiger charge is 2.21. The third-order valence-corrected chi connectivity index (χ3v) is 2.95. The van der Waals surface area contributed by atoms with Gasteiger partial charge in [0.05, 0.1) is 6.61 Å². The molecule has 0 heterocycles. The number of hydrogen-bond acceptors (Lipinski definition) is 3. The molecule has 1 unspecified atom stereocenters. The molecule has 106 valence electrons. The molecule has 0 aliphatic heterocycles. The minimum atomic E-state index is -0.600. The second-order valence-corrected chi connectivity index (χ2v) is 5.61. The number of hydrogen-bond donors (Lipinski definition) is 2. The lowest BCUT2D eigenvalue weighted by molar-refractivity contribution is -0.123. The van der Waals surface area contributed by atoms with E-state index in [9.17, 15) is 4.79 Å². The number of carbonyl (C=O) groups is 1. The molecule has 0 spiro atoms. The molecule has 0 bridgehead atoms. The first kappa shape index (κ1) is 15.7. The zero-order chi connectivity index (χ0) is 14.3. The van der Waals surface area contributed by atoms with Crippen LogP contribution in [0.25, 0.3) is 0 Å². The average molecular weight is 264 g/mol. The molecule has 1 aromatic rings. The van der Waals surface area contributed by atoms with Crippen molar-refractivity contribution in [1.82, 2.24) is 5.32 Å². The predicted octanol–water partition coefficient (Wildman–Crippen LogP) is 1.35. The first-order valence-electron chi connectivity index (χ1n) is 6.51. The van der Waals surface area contributed by atoms with E-state index in [1.165, 1.54) is 12.7 Å². The maximum absolute atomic E-state index is 11.7. The lowest BCUT2D eigenvalue weighted by Crippen LogP contribution is -2.46. The monoisotopic (exact) mass is 264 g/mol. The van der Waals surface area contributed by atoms with Crippen LogP contribution in [0.4, 0.5) is 0 Å². The Bertz CT molecular complexity index is 390. The van der Waals surface area contributed by atoms with Crippen LogP contribution in [0.3, 0.4) is 0 Å². The van der Waals surface area contributed by atoms with Crippen molar-refractivity contribution in [3.63, 3.8) is 0 Å². The Morgan fingerprint density at radius 2 is 2.00 bits per heavy atom. The third-order valence-electron chi connectivity index (χ3n) is 2.95. The van der Waals surface area contributed by atoms with E-state index < -0.39 is 6.04 Å². The van der Waals surface area contributed by atoms with Gasteiger partial charge in [0, 0.05) is 13.7 Å². The Labute approximate surface area is 115 Å². The molecule has 4 nitrogen and oxygen atoms in total. The lowest BCUT2D eigenvalue weighted by atomic mass is 9.85. The van der Waals surface area contributed by atoms with Crippen molar-refractivity contribution in [2.75, 3.05) is 20.3 Å². The van der Waals surface area contributed by atoms with Crippen molar-refractivity contribution in [3.05, 3.63) is 35.9 Å². The van der Waals surface area contributed by atoms with Gasteiger partial charge in [0.1, 0.15) is 6.04 Å². The maximum Gasteiger partial charge on any atom is 0.239 e. The standard InChI is InChI=1S/C15H24N2O2/c1-15(2,9-12-7-5-4-6-8-12)11-17-14(18)13(16)10-19-3/h4-8,13H,9-11,16H2,1-3H3,(H,17,18). The van der Waals surface area contributed by atoms with E-state index in [0.29, 0.717) is 6.54 Å². The molecule has 1 amide bonds. The van der Waals surface area contributed by atoms with Crippen LogP contribution in [0.2, 0.25) is 0 Å². The number of ether oxygens (including phenoxy) is 1. The Morgan fingerprint density at radius 3 is 2.58 bits per heavy atom. The molecule has 0 saturated heterocycles. The lowest BCUT2D eigenvalue weighted by Gasteiger charge is -2.26. The molecule has 3 N–H and O–H groups in total. The van der Waals surface area contributed by atoms with Crippen molar-refractivity contribution < 1.29 is 9.53 Å². The summed E-state index contributed by atoms with van der Waals surface area (Å²) in [5.41, 5.74) is 6.93. The maximum atomic E-state index is 11.7. The Kier molecular flexibility index (Phi) is 5.99.